The molecule has 2 atom stereocenters. The van der Waals surface area contributed by atoms with Crippen molar-refractivity contribution in [1.82, 2.24) is 10.2 Å². The Hall–Kier alpha value is -1.06. The van der Waals surface area contributed by atoms with E-state index in [2.05, 4.69) is 36.3 Å². The molecule has 2 unspecified atom stereocenters. The Labute approximate surface area is 116 Å². The lowest BCUT2D eigenvalue weighted by Crippen LogP contribution is -2.46. The third-order valence-corrected chi connectivity index (χ3v) is 4.23. The number of nitrogens with one attached hydrogen (secondary N) is 1. The Morgan fingerprint density at radius 1 is 1.32 bits per heavy atom. The van der Waals surface area contributed by atoms with Gasteiger partial charge in [0.2, 0.25) is 0 Å². The van der Waals surface area contributed by atoms with E-state index in [-0.39, 0.29) is 0 Å². The zero-order valence-electron chi connectivity index (χ0n) is 12.5. The fraction of sp³-hybridized carbons (Fsp3) is 0.625. The number of benzene rings is 1. The number of aromatic hydroxyl groups is 1. The highest BCUT2D eigenvalue weighted by atomic mass is 16.3. The molecule has 1 saturated heterocycles. The second-order valence-corrected chi connectivity index (χ2v) is 6.09. The van der Waals surface area contributed by atoms with E-state index in [9.17, 15) is 5.11 Å². The van der Waals surface area contributed by atoms with Gasteiger partial charge in [0.25, 0.3) is 0 Å². The summed E-state index contributed by atoms with van der Waals surface area (Å²) in [5.74, 6) is 1.12. The van der Waals surface area contributed by atoms with Gasteiger partial charge in [0.15, 0.2) is 0 Å². The van der Waals surface area contributed by atoms with Crippen LogP contribution < -0.4 is 5.32 Å². The van der Waals surface area contributed by atoms with Crippen molar-refractivity contribution in [3.8, 4) is 5.75 Å². The van der Waals surface area contributed by atoms with Crippen LogP contribution in [0.25, 0.3) is 0 Å². The van der Waals surface area contributed by atoms with Crippen LogP contribution >= 0.6 is 0 Å². The van der Waals surface area contributed by atoms with Gasteiger partial charge in [0, 0.05) is 19.1 Å². The summed E-state index contributed by atoms with van der Waals surface area (Å²) in [5.41, 5.74) is 3.19. The van der Waals surface area contributed by atoms with Crippen molar-refractivity contribution in [3.63, 3.8) is 0 Å². The van der Waals surface area contributed by atoms with E-state index in [0.717, 1.165) is 17.7 Å². The van der Waals surface area contributed by atoms with Crippen molar-refractivity contribution in [2.75, 3.05) is 20.1 Å². The summed E-state index contributed by atoms with van der Waals surface area (Å²) in [5, 5.41) is 13.5. The molecule has 19 heavy (non-hydrogen) atoms. The smallest absolute Gasteiger partial charge is 0.121 e. The Bertz CT molecular complexity index is 421. The SMILES string of the molecule is Cc1cc(CNC2CCN(C)CC2C)cc(C)c1O. The number of phenols is 1. The first kappa shape index (κ1) is 14.4. The predicted octanol–water partition coefficient (Wildman–Crippen LogP) is 2.44. The third-order valence-electron chi connectivity index (χ3n) is 4.23. The van der Waals surface area contributed by atoms with Crippen molar-refractivity contribution in [3.05, 3.63) is 28.8 Å². The minimum Gasteiger partial charge on any atom is -0.507 e. The summed E-state index contributed by atoms with van der Waals surface area (Å²) in [6, 6.07) is 4.76. The Kier molecular flexibility index (Phi) is 4.48. The lowest BCUT2D eigenvalue weighted by Gasteiger charge is -2.35. The molecule has 0 bridgehead atoms. The van der Waals surface area contributed by atoms with Crippen LogP contribution in [-0.4, -0.2) is 36.2 Å². The molecule has 1 heterocycles. The van der Waals surface area contributed by atoms with Gasteiger partial charge < -0.3 is 15.3 Å². The number of hydrogen-bond donors (Lipinski definition) is 2. The quantitative estimate of drug-likeness (QED) is 0.878. The molecule has 3 heteroatoms. The van der Waals surface area contributed by atoms with Gasteiger partial charge in [-0.2, -0.15) is 0 Å². The molecule has 1 aliphatic rings. The standard InChI is InChI=1S/C16H26N2O/c1-11-7-14(8-12(2)16(11)19)9-17-15-5-6-18(4)10-13(15)3/h7-8,13,15,17,19H,5-6,9-10H2,1-4H3. The van der Waals surface area contributed by atoms with Crippen molar-refractivity contribution >= 4 is 0 Å². The van der Waals surface area contributed by atoms with Crippen LogP contribution in [0.15, 0.2) is 12.1 Å². The molecular formula is C16H26N2O. The van der Waals surface area contributed by atoms with Crippen LogP contribution in [-0.2, 0) is 6.54 Å². The van der Waals surface area contributed by atoms with E-state index in [1.54, 1.807) is 0 Å². The van der Waals surface area contributed by atoms with Crippen molar-refractivity contribution in [2.24, 2.45) is 5.92 Å². The fourth-order valence-corrected chi connectivity index (χ4v) is 3.05. The molecule has 0 spiro atoms. The maximum Gasteiger partial charge on any atom is 0.121 e. The Morgan fingerprint density at radius 2 is 1.95 bits per heavy atom. The molecule has 1 aliphatic heterocycles. The van der Waals surface area contributed by atoms with Crippen molar-refractivity contribution in [2.45, 2.75) is 39.8 Å². The Balaban J connectivity index is 1.95. The molecule has 0 amide bonds. The average molecular weight is 262 g/mol. The monoisotopic (exact) mass is 262 g/mol. The molecule has 106 valence electrons. The predicted molar refractivity (Wildman–Crippen MR) is 79.5 cm³/mol. The van der Waals surface area contributed by atoms with Gasteiger partial charge in [-0.05, 0) is 56.5 Å². The first-order valence-electron chi connectivity index (χ1n) is 7.18. The van der Waals surface area contributed by atoms with Crippen LogP contribution in [0.3, 0.4) is 0 Å². The Morgan fingerprint density at radius 3 is 2.53 bits per heavy atom. The van der Waals surface area contributed by atoms with Gasteiger partial charge in [-0.3, -0.25) is 0 Å². The van der Waals surface area contributed by atoms with E-state index in [1.165, 1.54) is 25.1 Å². The molecule has 1 fully saturated rings. The number of aryl methyl sites for hydroxylation is 2. The van der Waals surface area contributed by atoms with Gasteiger partial charge >= 0.3 is 0 Å². The topological polar surface area (TPSA) is 35.5 Å². The van der Waals surface area contributed by atoms with Crippen molar-refractivity contribution < 1.29 is 5.11 Å². The summed E-state index contributed by atoms with van der Waals surface area (Å²) in [4.78, 5) is 2.40. The summed E-state index contributed by atoms with van der Waals surface area (Å²) in [7, 11) is 2.19. The normalized spacial score (nSPS) is 24.6. The molecule has 1 aromatic rings. The number of nitrogens with zero attached hydrogens (tertiary/aromatic N) is 1. The lowest BCUT2D eigenvalue weighted by molar-refractivity contribution is 0.174. The second kappa shape index (κ2) is 5.93. The van der Waals surface area contributed by atoms with Gasteiger partial charge in [-0.1, -0.05) is 19.1 Å². The minimum absolute atomic E-state index is 0.427. The van der Waals surface area contributed by atoms with Crippen LogP contribution in [0.4, 0.5) is 0 Å². The molecule has 3 nitrogen and oxygen atoms in total. The van der Waals surface area contributed by atoms with Crippen LogP contribution in [0.5, 0.6) is 5.75 Å². The molecule has 2 N–H and O–H groups in total. The largest absolute Gasteiger partial charge is 0.507 e. The van der Waals surface area contributed by atoms with Crippen molar-refractivity contribution in [1.29, 1.82) is 0 Å². The zero-order chi connectivity index (χ0) is 14.0. The first-order valence-corrected chi connectivity index (χ1v) is 7.18. The number of phenolic OH excluding ortho intramolecular Hbond substituents is 1. The zero-order valence-corrected chi connectivity index (χ0v) is 12.5. The molecule has 1 aromatic carbocycles. The highest BCUT2D eigenvalue weighted by Crippen LogP contribution is 2.23. The summed E-state index contributed by atoms with van der Waals surface area (Å²) in [6.07, 6.45) is 1.22. The summed E-state index contributed by atoms with van der Waals surface area (Å²) in [6.45, 7) is 9.48. The lowest BCUT2D eigenvalue weighted by atomic mass is 9.94. The van der Waals surface area contributed by atoms with Crippen LogP contribution in [0.2, 0.25) is 0 Å². The molecule has 2 rings (SSSR count). The average Bonchev–Trinajstić information content (AvgIpc) is 2.34. The summed E-state index contributed by atoms with van der Waals surface area (Å²) < 4.78 is 0. The summed E-state index contributed by atoms with van der Waals surface area (Å²) >= 11 is 0. The number of hydrogen-bond acceptors (Lipinski definition) is 3. The maximum absolute atomic E-state index is 9.79. The van der Waals surface area contributed by atoms with Gasteiger partial charge in [0.1, 0.15) is 5.75 Å². The van der Waals surface area contributed by atoms with E-state index < -0.39 is 0 Å². The maximum atomic E-state index is 9.79. The molecule has 0 aromatic heterocycles. The van der Waals surface area contributed by atoms with Gasteiger partial charge in [-0.15, -0.1) is 0 Å². The third kappa shape index (κ3) is 3.48. The highest BCUT2D eigenvalue weighted by Gasteiger charge is 2.23. The van der Waals surface area contributed by atoms with Gasteiger partial charge in [0.05, 0.1) is 0 Å². The van der Waals surface area contributed by atoms with E-state index >= 15 is 0 Å². The molecule has 0 saturated carbocycles. The molecule has 0 radical (unpaired) electrons. The van der Waals surface area contributed by atoms with E-state index in [0.29, 0.717) is 17.7 Å². The number of piperidine rings is 1. The van der Waals surface area contributed by atoms with Crippen LogP contribution in [0.1, 0.15) is 30.0 Å². The second-order valence-electron chi connectivity index (χ2n) is 6.09. The van der Waals surface area contributed by atoms with Gasteiger partial charge in [-0.25, -0.2) is 0 Å². The molecular weight excluding hydrogens is 236 g/mol. The van der Waals surface area contributed by atoms with Crippen LogP contribution in [0, 0.1) is 19.8 Å². The molecule has 0 aliphatic carbocycles. The number of likely N-dealkylation sites (tertiary alicyclic amines) is 1. The first-order chi connectivity index (χ1) is 8.97. The fourth-order valence-electron chi connectivity index (χ4n) is 3.05. The number of rotatable bonds is 3. The highest BCUT2D eigenvalue weighted by molar-refractivity contribution is 5.42. The van der Waals surface area contributed by atoms with E-state index in [4.69, 9.17) is 0 Å². The van der Waals surface area contributed by atoms with E-state index in [1.807, 2.05) is 13.8 Å². The minimum atomic E-state index is 0.427.